The van der Waals surface area contributed by atoms with Gasteiger partial charge in [0.05, 0.1) is 18.9 Å². The minimum absolute atomic E-state index is 0.211. The number of likely N-dealkylation sites (N-methyl/N-ethyl adjacent to an activating group) is 2. The number of hydrogen-bond donors (Lipinski definition) is 2. The van der Waals surface area contributed by atoms with Crippen molar-refractivity contribution in [2.75, 3.05) is 53.5 Å². The Morgan fingerprint density at radius 1 is 1.19 bits per heavy atom. The van der Waals surface area contributed by atoms with Crippen LogP contribution in [0, 0.1) is 5.41 Å². The number of morpholine rings is 1. The molecule has 172 valence electrons. The summed E-state index contributed by atoms with van der Waals surface area (Å²) in [7, 11) is 3.62. The first-order valence-corrected chi connectivity index (χ1v) is 11.0. The second-order valence-corrected chi connectivity index (χ2v) is 9.36. The second kappa shape index (κ2) is 9.93. The molecule has 1 aromatic heterocycles. The molecular formula is C22H36N6O3. The number of fused-ring (bicyclic) bond motifs is 1. The zero-order valence-electron chi connectivity index (χ0n) is 19.4. The van der Waals surface area contributed by atoms with Gasteiger partial charge in [0.2, 0.25) is 5.91 Å². The van der Waals surface area contributed by atoms with Crippen LogP contribution in [0.3, 0.4) is 0 Å². The number of carbonyl (C=O) groups is 2. The van der Waals surface area contributed by atoms with Gasteiger partial charge in [0.15, 0.2) is 5.69 Å². The Bertz CT molecular complexity index is 820. The van der Waals surface area contributed by atoms with Crippen molar-refractivity contribution in [1.82, 2.24) is 30.0 Å². The van der Waals surface area contributed by atoms with E-state index >= 15 is 0 Å². The van der Waals surface area contributed by atoms with E-state index < -0.39 is 11.5 Å². The number of nitrogens with zero attached hydrogens (tertiary/aromatic N) is 4. The molecule has 2 N–H and O–H groups in total. The highest BCUT2D eigenvalue weighted by molar-refractivity contribution is 5.97. The van der Waals surface area contributed by atoms with Gasteiger partial charge in [0.25, 0.3) is 5.91 Å². The van der Waals surface area contributed by atoms with E-state index in [1.54, 1.807) is 7.05 Å². The fraction of sp³-hybridized carbons (Fsp3) is 0.682. The van der Waals surface area contributed by atoms with Crippen molar-refractivity contribution in [1.29, 1.82) is 0 Å². The van der Waals surface area contributed by atoms with Crippen molar-refractivity contribution in [3.05, 3.63) is 23.3 Å². The fourth-order valence-electron chi connectivity index (χ4n) is 3.94. The van der Waals surface area contributed by atoms with E-state index in [1.807, 2.05) is 33.9 Å². The quantitative estimate of drug-likeness (QED) is 0.683. The summed E-state index contributed by atoms with van der Waals surface area (Å²) in [6, 6.07) is -0.649. The van der Waals surface area contributed by atoms with Gasteiger partial charge in [0, 0.05) is 46.3 Å². The predicted molar refractivity (Wildman–Crippen MR) is 120 cm³/mol. The molecule has 0 spiro atoms. The molecule has 1 atom stereocenters. The molecule has 9 nitrogen and oxygen atoms in total. The predicted octanol–water partition coefficient (Wildman–Crippen LogP) is 0.564. The first-order chi connectivity index (χ1) is 14.7. The van der Waals surface area contributed by atoms with Crippen LogP contribution >= 0.6 is 0 Å². The summed E-state index contributed by atoms with van der Waals surface area (Å²) in [6.07, 6.45) is 4.10. The molecule has 1 aromatic rings. The Kier molecular flexibility index (Phi) is 7.51. The molecule has 1 saturated heterocycles. The number of amides is 2. The highest BCUT2D eigenvalue weighted by Gasteiger charge is 2.34. The van der Waals surface area contributed by atoms with E-state index in [0.29, 0.717) is 12.2 Å². The van der Waals surface area contributed by atoms with E-state index in [1.165, 1.54) is 0 Å². The van der Waals surface area contributed by atoms with E-state index in [9.17, 15) is 9.59 Å². The molecule has 0 radical (unpaired) electrons. The molecule has 1 unspecified atom stereocenters. The van der Waals surface area contributed by atoms with Crippen LogP contribution in [0.4, 0.5) is 0 Å². The number of carbonyl (C=O) groups excluding carboxylic acids is 2. The summed E-state index contributed by atoms with van der Waals surface area (Å²) in [5.74, 6) is 0.265. The SMILES string of the molecule is CNC(=O)C(NC(=O)c1nc(/C=C/CN2CCOCC2)n2c1CN(C)CC2)C(C)(C)C. The first kappa shape index (κ1) is 23.4. The number of imidazole rings is 1. The van der Waals surface area contributed by atoms with Gasteiger partial charge in [-0.15, -0.1) is 0 Å². The van der Waals surface area contributed by atoms with Gasteiger partial charge in [-0.3, -0.25) is 19.4 Å². The maximum Gasteiger partial charge on any atom is 0.272 e. The third kappa shape index (κ3) is 5.72. The van der Waals surface area contributed by atoms with Crippen LogP contribution in [0.25, 0.3) is 6.08 Å². The van der Waals surface area contributed by atoms with Gasteiger partial charge in [-0.05, 0) is 18.5 Å². The molecule has 1 fully saturated rings. The summed E-state index contributed by atoms with van der Waals surface area (Å²) >= 11 is 0. The van der Waals surface area contributed by atoms with E-state index in [0.717, 1.165) is 57.5 Å². The summed E-state index contributed by atoms with van der Waals surface area (Å²) in [5.41, 5.74) is 0.866. The lowest BCUT2D eigenvalue weighted by molar-refractivity contribution is -0.124. The molecule has 2 amide bonds. The maximum atomic E-state index is 13.2. The largest absolute Gasteiger partial charge is 0.379 e. The standard InChI is InChI=1S/C22H36N6O3/c1-22(2,3)19(21(30)23-4)25-20(29)18-16-15-26(5)9-10-28(16)17(24-18)7-6-8-27-11-13-31-14-12-27/h6-7,19H,8-15H2,1-5H3,(H,23,30)(H,25,29)/b7-6+. The summed E-state index contributed by atoms with van der Waals surface area (Å²) in [6.45, 7) is 12.3. The Hall–Kier alpha value is -2.23. The van der Waals surface area contributed by atoms with E-state index in [4.69, 9.17) is 9.72 Å². The van der Waals surface area contributed by atoms with Crippen LogP contribution in [0.1, 0.15) is 42.8 Å². The highest BCUT2D eigenvalue weighted by Crippen LogP contribution is 2.23. The summed E-state index contributed by atoms with van der Waals surface area (Å²) in [5, 5.41) is 5.57. The molecule has 0 aromatic carbocycles. The Morgan fingerprint density at radius 2 is 1.90 bits per heavy atom. The van der Waals surface area contributed by atoms with Crippen LogP contribution in [0.15, 0.2) is 6.08 Å². The summed E-state index contributed by atoms with van der Waals surface area (Å²) in [4.78, 5) is 34.8. The lowest BCUT2D eigenvalue weighted by atomic mass is 9.86. The molecule has 9 heteroatoms. The average molecular weight is 433 g/mol. The lowest BCUT2D eigenvalue weighted by Crippen LogP contribution is -2.53. The number of hydrogen-bond acceptors (Lipinski definition) is 6. The molecule has 2 aliphatic rings. The van der Waals surface area contributed by atoms with Gasteiger partial charge >= 0.3 is 0 Å². The first-order valence-electron chi connectivity index (χ1n) is 11.0. The lowest BCUT2D eigenvalue weighted by Gasteiger charge is -2.30. The van der Waals surface area contributed by atoms with Crippen molar-refractivity contribution < 1.29 is 14.3 Å². The Balaban J connectivity index is 1.82. The van der Waals surface area contributed by atoms with E-state index in [2.05, 4.69) is 31.1 Å². The fourth-order valence-corrected chi connectivity index (χ4v) is 3.94. The number of aromatic nitrogens is 2. The second-order valence-electron chi connectivity index (χ2n) is 9.36. The van der Waals surface area contributed by atoms with Crippen LogP contribution < -0.4 is 10.6 Å². The third-order valence-corrected chi connectivity index (χ3v) is 5.83. The van der Waals surface area contributed by atoms with Gasteiger partial charge in [-0.25, -0.2) is 4.98 Å². The summed E-state index contributed by atoms with van der Waals surface area (Å²) < 4.78 is 7.52. The Labute approximate surface area is 184 Å². The average Bonchev–Trinajstić information content (AvgIpc) is 3.09. The minimum Gasteiger partial charge on any atom is -0.379 e. The molecule has 0 bridgehead atoms. The van der Waals surface area contributed by atoms with Gasteiger partial charge in [0.1, 0.15) is 11.9 Å². The topological polar surface area (TPSA) is 91.7 Å². The molecule has 2 aliphatic heterocycles. The molecule has 31 heavy (non-hydrogen) atoms. The number of rotatable bonds is 6. The normalized spacial score (nSPS) is 19.3. The van der Waals surface area contributed by atoms with Crippen molar-refractivity contribution in [2.45, 2.75) is 39.9 Å². The van der Waals surface area contributed by atoms with Crippen LogP contribution in [0.2, 0.25) is 0 Å². The van der Waals surface area contributed by atoms with E-state index in [-0.39, 0.29) is 11.8 Å². The van der Waals surface area contributed by atoms with Gasteiger partial charge < -0.3 is 19.9 Å². The number of ether oxygens (including phenoxy) is 1. The van der Waals surface area contributed by atoms with Crippen LogP contribution in [0.5, 0.6) is 0 Å². The van der Waals surface area contributed by atoms with Crippen molar-refractivity contribution in [3.8, 4) is 0 Å². The molecular weight excluding hydrogens is 396 g/mol. The zero-order chi connectivity index (χ0) is 22.6. The zero-order valence-corrected chi connectivity index (χ0v) is 19.4. The molecule has 0 saturated carbocycles. The van der Waals surface area contributed by atoms with Crippen molar-refractivity contribution in [2.24, 2.45) is 5.41 Å². The maximum absolute atomic E-state index is 13.2. The van der Waals surface area contributed by atoms with Crippen molar-refractivity contribution >= 4 is 17.9 Å². The highest BCUT2D eigenvalue weighted by atomic mass is 16.5. The molecule has 3 heterocycles. The third-order valence-electron chi connectivity index (χ3n) is 5.83. The Morgan fingerprint density at radius 3 is 2.55 bits per heavy atom. The van der Waals surface area contributed by atoms with Crippen LogP contribution in [-0.4, -0.2) is 90.7 Å². The van der Waals surface area contributed by atoms with Gasteiger partial charge in [-0.2, -0.15) is 0 Å². The minimum atomic E-state index is -0.649. The number of nitrogens with one attached hydrogen (secondary N) is 2. The molecule has 0 aliphatic carbocycles. The van der Waals surface area contributed by atoms with Crippen molar-refractivity contribution in [3.63, 3.8) is 0 Å². The smallest absolute Gasteiger partial charge is 0.272 e. The monoisotopic (exact) mass is 432 g/mol. The van der Waals surface area contributed by atoms with Crippen LogP contribution in [-0.2, 0) is 22.6 Å². The molecule has 3 rings (SSSR count). The van der Waals surface area contributed by atoms with Gasteiger partial charge in [-0.1, -0.05) is 26.8 Å².